The van der Waals surface area contributed by atoms with Gasteiger partial charge in [-0.3, -0.25) is 0 Å². The molecule has 2 aromatic rings. The Balaban J connectivity index is 2.53. The van der Waals surface area contributed by atoms with Gasteiger partial charge in [-0.2, -0.15) is 0 Å². The molecule has 0 unspecified atom stereocenters. The molecule has 0 atom stereocenters. The maximum absolute atomic E-state index is 4.73. The molecule has 112 valence electrons. The molecular formula is C16H19Br2N3. The van der Waals surface area contributed by atoms with Gasteiger partial charge in [-0.25, -0.2) is 9.97 Å². The molecule has 5 heteroatoms. The van der Waals surface area contributed by atoms with Gasteiger partial charge >= 0.3 is 0 Å². The first-order valence-corrected chi connectivity index (χ1v) is 8.72. The van der Waals surface area contributed by atoms with E-state index in [2.05, 4.69) is 81.1 Å². The van der Waals surface area contributed by atoms with Crippen molar-refractivity contribution in [2.75, 3.05) is 11.9 Å². The van der Waals surface area contributed by atoms with Crippen LogP contribution in [0.2, 0.25) is 0 Å². The summed E-state index contributed by atoms with van der Waals surface area (Å²) in [5.74, 6) is 1.63. The lowest BCUT2D eigenvalue weighted by molar-refractivity contribution is 0.867. The summed E-state index contributed by atoms with van der Waals surface area (Å²) in [5.41, 5.74) is 3.28. The first kappa shape index (κ1) is 16.4. The summed E-state index contributed by atoms with van der Waals surface area (Å²) in [7, 11) is 0. The molecule has 1 aromatic heterocycles. The van der Waals surface area contributed by atoms with E-state index >= 15 is 0 Å². The zero-order valence-electron chi connectivity index (χ0n) is 12.5. The summed E-state index contributed by atoms with van der Waals surface area (Å²) in [6.07, 6.45) is 1.99. The number of benzene rings is 1. The fourth-order valence-electron chi connectivity index (χ4n) is 2.04. The van der Waals surface area contributed by atoms with Gasteiger partial charge in [0.25, 0.3) is 0 Å². The second kappa shape index (κ2) is 7.36. The van der Waals surface area contributed by atoms with E-state index in [0.29, 0.717) is 0 Å². The number of hydrogen-bond donors (Lipinski definition) is 1. The topological polar surface area (TPSA) is 37.8 Å². The minimum atomic E-state index is 0.762. The predicted octanol–water partition coefficient (Wildman–Crippen LogP) is 5.36. The smallest absolute Gasteiger partial charge is 0.161 e. The number of nitrogens with one attached hydrogen (secondary N) is 1. The maximum atomic E-state index is 4.73. The van der Waals surface area contributed by atoms with Gasteiger partial charge in [0.2, 0.25) is 0 Å². The number of nitrogens with zero attached hydrogens (tertiary/aromatic N) is 2. The minimum absolute atomic E-state index is 0.762. The number of hydrogen-bond acceptors (Lipinski definition) is 3. The van der Waals surface area contributed by atoms with E-state index in [9.17, 15) is 0 Å². The first-order chi connectivity index (χ1) is 10.1. The maximum Gasteiger partial charge on any atom is 0.161 e. The lowest BCUT2D eigenvalue weighted by Gasteiger charge is -2.12. The van der Waals surface area contributed by atoms with Crippen LogP contribution in [0.5, 0.6) is 0 Å². The number of aromatic nitrogens is 2. The Kier molecular flexibility index (Phi) is 5.76. The van der Waals surface area contributed by atoms with Gasteiger partial charge in [0.15, 0.2) is 5.82 Å². The molecule has 0 saturated heterocycles. The molecule has 0 spiro atoms. The van der Waals surface area contributed by atoms with Gasteiger partial charge in [-0.1, -0.05) is 41.4 Å². The van der Waals surface area contributed by atoms with Crippen LogP contribution in [0.15, 0.2) is 27.1 Å². The SMILES string of the molecule is CCCc1nc(-c2ccc(C)c(Br)c2)nc(NCC)c1Br. The Labute approximate surface area is 142 Å². The third kappa shape index (κ3) is 3.83. The minimum Gasteiger partial charge on any atom is -0.369 e. The lowest BCUT2D eigenvalue weighted by Crippen LogP contribution is -2.06. The van der Waals surface area contributed by atoms with Crippen molar-refractivity contribution in [3.63, 3.8) is 0 Å². The number of rotatable bonds is 5. The molecule has 0 aliphatic heterocycles. The molecule has 1 aromatic carbocycles. The Morgan fingerprint density at radius 1 is 1.14 bits per heavy atom. The van der Waals surface area contributed by atoms with Crippen LogP contribution in [0.25, 0.3) is 11.4 Å². The molecule has 0 saturated carbocycles. The van der Waals surface area contributed by atoms with Gasteiger partial charge in [0.1, 0.15) is 5.82 Å². The average molecular weight is 413 g/mol. The Hall–Kier alpha value is -0.940. The van der Waals surface area contributed by atoms with Crippen molar-refractivity contribution in [1.82, 2.24) is 9.97 Å². The monoisotopic (exact) mass is 411 g/mol. The summed E-state index contributed by atoms with van der Waals surface area (Å²) >= 11 is 7.20. The first-order valence-electron chi connectivity index (χ1n) is 7.13. The number of halogens is 2. The van der Waals surface area contributed by atoms with E-state index in [1.54, 1.807) is 0 Å². The molecule has 1 heterocycles. The lowest BCUT2D eigenvalue weighted by atomic mass is 10.1. The van der Waals surface area contributed by atoms with Crippen molar-refractivity contribution in [3.8, 4) is 11.4 Å². The van der Waals surface area contributed by atoms with Gasteiger partial charge < -0.3 is 5.32 Å². The second-order valence-electron chi connectivity index (χ2n) is 4.90. The van der Waals surface area contributed by atoms with Crippen LogP contribution in [-0.2, 0) is 6.42 Å². The van der Waals surface area contributed by atoms with Crippen LogP contribution in [0.1, 0.15) is 31.5 Å². The predicted molar refractivity (Wildman–Crippen MR) is 95.8 cm³/mol. The van der Waals surface area contributed by atoms with Crippen LogP contribution in [-0.4, -0.2) is 16.5 Å². The summed E-state index contributed by atoms with van der Waals surface area (Å²) in [6.45, 7) is 7.13. The zero-order valence-corrected chi connectivity index (χ0v) is 15.7. The molecule has 0 radical (unpaired) electrons. The summed E-state index contributed by atoms with van der Waals surface area (Å²) < 4.78 is 2.05. The Morgan fingerprint density at radius 3 is 2.52 bits per heavy atom. The Bertz CT molecular complexity index is 614. The third-order valence-electron chi connectivity index (χ3n) is 3.18. The van der Waals surface area contributed by atoms with Crippen molar-refractivity contribution < 1.29 is 0 Å². The number of anilines is 1. The highest BCUT2D eigenvalue weighted by molar-refractivity contribution is 9.11. The van der Waals surface area contributed by atoms with Crippen LogP contribution >= 0.6 is 31.9 Å². The van der Waals surface area contributed by atoms with Crippen molar-refractivity contribution in [1.29, 1.82) is 0 Å². The quantitative estimate of drug-likeness (QED) is 0.717. The molecule has 0 fully saturated rings. The van der Waals surface area contributed by atoms with Crippen LogP contribution in [0.3, 0.4) is 0 Å². The third-order valence-corrected chi connectivity index (χ3v) is 4.87. The zero-order chi connectivity index (χ0) is 15.4. The molecule has 0 aliphatic carbocycles. The highest BCUT2D eigenvalue weighted by atomic mass is 79.9. The van der Waals surface area contributed by atoms with Crippen LogP contribution in [0, 0.1) is 6.92 Å². The van der Waals surface area contributed by atoms with Gasteiger partial charge in [-0.05, 0) is 47.8 Å². The summed E-state index contributed by atoms with van der Waals surface area (Å²) in [5, 5.41) is 3.30. The molecule has 0 aliphatic rings. The van der Waals surface area contributed by atoms with Crippen molar-refractivity contribution in [3.05, 3.63) is 38.4 Å². The Morgan fingerprint density at radius 2 is 1.90 bits per heavy atom. The highest BCUT2D eigenvalue weighted by Gasteiger charge is 2.13. The second-order valence-corrected chi connectivity index (χ2v) is 6.55. The molecule has 1 N–H and O–H groups in total. The van der Waals surface area contributed by atoms with Crippen molar-refractivity contribution in [2.24, 2.45) is 0 Å². The molecule has 0 amide bonds. The van der Waals surface area contributed by atoms with E-state index in [1.807, 2.05) is 0 Å². The molecule has 0 bridgehead atoms. The average Bonchev–Trinajstić information content (AvgIpc) is 2.46. The molecule has 2 rings (SSSR count). The largest absolute Gasteiger partial charge is 0.369 e. The fraction of sp³-hybridized carbons (Fsp3) is 0.375. The summed E-state index contributed by atoms with van der Waals surface area (Å²) in [6, 6.07) is 6.22. The normalized spacial score (nSPS) is 10.7. The highest BCUT2D eigenvalue weighted by Crippen LogP contribution is 2.29. The van der Waals surface area contributed by atoms with Gasteiger partial charge in [0.05, 0.1) is 10.2 Å². The van der Waals surface area contributed by atoms with E-state index in [0.717, 1.165) is 51.2 Å². The van der Waals surface area contributed by atoms with E-state index in [4.69, 9.17) is 4.98 Å². The van der Waals surface area contributed by atoms with Crippen molar-refractivity contribution in [2.45, 2.75) is 33.6 Å². The standard InChI is InChI=1S/C16H19Br2N3/c1-4-6-13-14(18)16(19-5-2)21-15(20-13)11-8-7-10(3)12(17)9-11/h7-9H,4-6H2,1-3H3,(H,19,20,21). The van der Waals surface area contributed by atoms with Crippen molar-refractivity contribution >= 4 is 37.7 Å². The van der Waals surface area contributed by atoms with E-state index in [-0.39, 0.29) is 0 Å². The van der Waals surface area contributed by atoms with E-state index in [1.165, 1.54) is 5.56 Å². The van der Waals surface area contributed by atoms with E-state index < -0.39 is 0 Å². The summed E-state index contributed by atoms with van der Waals surface area (Å²) in [4.78, 5) is 9.38. The van der Waals surface area contributed by atoms with Crippen LogP contribution in [0.4, 0.5) is 5.82 Å². The van der Waals surface area contributed by atoms with Gasteiger partial charge in [-0.15, -0.1) is 0 Å². The van der Waals surface area contributed by atoms with Gasteiger partial charge in [0, 0.05) is 16.6 Å². The molecule has 21 heavy (non-hydrogen) atoms. The molecule has 3 nitrogen and oxygen atoms in total. The fourth-order valence-corrected chi connectivity index (χ4v) is 2.94. The number of aryl methyl sites for hydroxylation is 2. The molecular weight excluding hydrogens is 394 g/mol. The van der Waals surface area contributed by atoms with Crippen LogP contribution < -0.4 is 5.32 Å².